The first-order valence-corrected chi connectivity index (χ1v) is 6.19. The molecule has 0 bridgehead atoms. The normalized spacial score (nSPS) is 15.6. The highest BCUT2D eigenvalue weighted by molar-refractivity contribution is 6.00. The number of nitrogens with two attached hydrogens (primary N) is 1. The molecule has 1 heterocycles. The standard InChI is InChI=1S/C13H17N3O4/c1-8(12(14)15-18)16(2)13(17)9-4-3-5-10-11(9)20-7-6-19-10/h3-5,8,18H,6-7H2,1-2H3,(H2,14,15). The maximum absolute atomic E-state index is 12.5. The van der Waals surface area contributed by atoms with Crippen molar-refractivity contribution in [3.05, 3.63) is 23.8 Å². The highest BCUT2D eigenvalue weighted by atomic mass is 16.6. The highest BCUT2D eigenvalue weighted by Crippen LogP contribution is 2.34. The summed E-state index contributed by atoms with van der Waals surface area (Å²) in [6.45, 7) is 2.53. The van der Waals surface area contributed by atoms with Gasteiger partial charge in [0, 0.05) is 7.05 Å². The first kappa shape index (κ1) is 14.0. The summed E-state index contributed by atoms with van der Waals surface area (Å²) in [5.41, 5.74) is 5.91. The molecule has 1 atom stereocenters. The van der Waals surface area contributed by atoms with Crippen molar-refractivity contribution in [2.75, 3.05) is 20.3 Å². The zero-order chi connectivity index (χ0) is 14.7. The van der Waals surface area contributed by atoms with Gasteiger partial charge in [-0.25, -0.2) is 0 Å². The van der Waals surface area contributed by atoms with Gasteiger partial charge in [0.25, 0.3) is 5.91 Å². The fourth-order valence-electron chi connectivity index (χ4n) is 1.89. The van der Waals surface area contributed by atoms with Gasteiger partial charge in [-0.1, -0.05) is 11.2 Å². The van der Waals surface area contributed by atoms with E-state index in [1.54, 1.807) is 32.2 Å². The fourth-order valence-corrected chi connectivity index (χ4v) is 1.89. The number of likely N-dealkylation sites (N-methyl/N-ethyl adjacent to an activating group) is 1. The molecule has 0 aliphatic carbocycles. The number of hydrogen-bond acceptors (Lipinski definition) is 5. The molecule has 108 valence electrons. The Morgan fingerprint density at radius 1 is 1.45 bits per heavy atom. The van der Waals surface area contributed by atoms with E-state index < -0.39 is 6.04 Å². The van der Waals surface area contributed by atoms with Crippen LogP contribution in [0.1, 0.15) is 17.3 Å². The fraction of sp³-hybridized carbons (Fsp3) is 0.385. The molecule has 2 rings (SSSR count). The Balaban J connectivity index is 2.30. The van der Waals surface area contributed by atoms with Crippen molar-refractivity contribution < 1.29 is 19.5 Å². The number of amidine groups is 1. The van der Waals surface area contributed by atoms with Crippen LogP contribution in [0.5, 0.6) is 11.5 Å². The van der Waals surface area contributed by atoms with Crippen LogP contribution < -0.4 is 15.2 Å². The van der Waals surface area contributed by atoms with Crippen LogP contribution in [0.4, 0.5) is 0 Å². The van der Waals surface area contributed by atoms with Crippen molar-refractivity contribution in [3.8, 4) is 11.5 Å². The van der Waals surface area contributed by atoms with E-state index in [0.717, 1.165) is 0 Å². The van der Waals surface area contributed by atoms with Gasteiger partial charge in [-0.05, 0) is 19.1 Å². The van der Waals surface area contributed by atoms with Gasteiger partial charge in [-0.3, -0.25) is 4.79 Å². The highest BCUT2D eigenvalue weighted by Gasteiger charge is 2.26. The Bertz CT molecular complexity index is 544. The Hall–Kier alpha value is -2.44. The monoisotopic (exact) mass is 279 g/mol. The molecule has 1 aliphatic heterocycles. The lowest BCUT2D eigenvalue weighted by molar-refractivity contribution is 0.0765. The van der Waals surface area contributed by atoms with E-state index in [1.165, 1.54) is 4.90 Å². The van der Waals surface area contributed by atoms with Gasteiger partial charge >= 0.3 is 0 Å². The second-order valence-corrected chi connectivity index (χ2v) is 4.45. The smallest absolute Gasteiger partial charge is 0.258 e. The summed E-state index contributed by atoms with van der Waals surface area (Å²) in [6.07, 6.45) is 0. The molecule has 0 radical (unpaired) electrons. The van der Waals surface area contributed by atoms with E-state index >= 15 is 0 Å². The number of oxime groups is 1. The van der Waals surface area contributed by atoms with Crippen molar-refractivity contribution in [2.45, 2.75) is 13.0 Å². The van der Waals surface area contributed by atoms with Crippen molar-refractivity contribution in [2.24, 2.45) is 10.9 Å². The third-order valence-electron chi connectivity index (χ3n) is 3.24. The van der Waals surface area contributed by atoms with Crippen LogP contribution in [-0.2, 0) is 0 Å². The van der Waals surface area contributed by atoms with E-state index in [2.05, 4.69) is 5.16 Å². The SMILES string of the molecule is CC(C(N)=NO)N(C)C(=O)c1cccc2c1OCCO2. The molecule has 0 fully saturated rings. The zero-order valence-corrected chi connectivity index (χ0v) is 11.4. The maximum atomic E-state index is 12.5. The minimum atomic E-state index is -0.534. The van der Waals surface area contributed by atoms with Crippen LogP contribution in [0, 0.1) is 0 Å². The van der Waals surface area contributed by atoms with E-state index in [1.807, 2.05) is 0 Å². The van der Waals surface area contributed by atoms with Gasteiger partial charge < -0.3 is 25.3 Å². The molecule has 1 aromatic carbocycles. The summed E-state index contributed by atoms with van der Waals surface area (Å²) >= 11 is 0. The van der Waals surface area contributed by atoms with Crippen molar-refractivity contribution in [1.29, 1.82) is 0 Å². The third kappa shape index (κ3) is 2.47. The predicted octanol–water partition coefficient (Wildman–Crippen LogP) is 0.665. The minimum Gasteiger partial charge on any atom is -0.486 e. The Morgan fingerprint density at radius 3 is 2.85 bits per heavy atom. The van der Waals surface area contributed by atoms with E-state index in [-0.39, 0.29) is 11.7 Å². The van der Waals surface area contributed by atoms with Crippen LogP contribution >= 0.6 is 0 Å². The summed E-state index contributed by atoms with van der Waals surface area (Å²) in [4.78, 5) is 13.9. The van der Waals surface area contributed by atoms with Crippen molar-refractivity contribution in [1.82, 2.24) is 4.90 Å². The van der Waals surface area contributed by atoms with Gasteiger partial charge in [0.05, 0.1) is 11.6 Å². The average Bonchev–Trinajstić information content (AvgIpc) is 2.51. The zero-order valence-electron chi connectivity index (χ0n) is 11.4. The number of amides is 1. The number of hydrogen-bond donors (Lipinski definition) is 2. The summed E-state index contributed by atoms with van der Waals surface area (Å²) in [7, 11) is 1.58. The Morgan fingerprint density at radius 2 is 2.15 bits per heavy atom. The summed E-state index contributed by atoms with van der Waals surface area (Å²) in [5.74, 6) is 0.656. The summed E-state index contributed by atoms with van der Waals surface area (Å²) < 4.78 is 10.9. The van der Waals surface area contributed by atoms with Crippen molar-refractivity contribution >= 4 is 11.7 Å². The number of ether oxygens (including phenoxy) is 2. The Labute approximate surface area is 116 Å². The lowest BCUT2D eigenvalue weighted by atomic mass is 10.1. The maximum Gasteiger partial charge on any atom is 0.258 e. The average molecular weight is 279 g/mol. The van der Waals surface area contributed by atoms with Crippen LogP contribution in [0.3, 0.4) is 0 Å². The molecule has 1 unspecified atom stereocenters. The molecule has 3 N–H and O–H groups in total. The third-order valence-corrected chi connectivity index (χ3v) is 3.24. The summed E-state index contributed by atoms with van der Waals surface area (Å²) in [5, 5.41) is 11.6. The van der Waals surface area contributed by atoms with Crippen LogP contribution in [0.15, 0.2) is 23.4 Å². The van der Waals surface area contributed by atoms with Crippen LogP contribution in [-0.4, -0.2) is 48.2 Å². The predicted molar refractivity (Wildman–Crippen MR) is 72.4 cm³/mol. The molecule has 1 aliphatic rings. The van der Waals surface area contributed by atoms with Crippen molar-refractivity contribution in [3.63, 3.8) is 0 Å². The first-order chi connectivity index (χ1) is 9.56. The molecule has 0 spiro atoms. The van der Waals surface area contributed by atoms with Gasteiger partial charge in [0.15, 0.2) is 17.3 Å². The number of fused-ring (bicyclic) bond motifs is 1. The van der Waals surface area contributed by atoms with Gasteiger partial charge in [-0.15, -0.1) is 0 Å². The topological polar surface area (TPSA) is 97.4 Å². The molecular weight excluding hydrogens is 262 g/mol. The van der Waals surface area contributed by atoms with Crippen LogP contribution in [0.2, 0.25) is 0 Å². The van der Waals surface area contributed by atoms with E-state index in [0.29, 0.717) is 30.3 Å². The second kappa shape index (κ2) is 5.68. The second-order valence-electron chi connectivity index (χ2n) is 4.45. The lowest BCUT2D eigenvalue weighted by Crippen LogP contribution is -2.44. The molecule has 0 saturated carbocycles. The number of carbonyl (C=O) groups is 1. The first-order valence-electron chi connectivity index (χ1n) is 6.19. The number of para-hydroxylation sites is 1. The molecule has 1 amide bonds. The number of carbonyl (C=O) groups excluding carboxylic acids is 1. The molecular formula is C13H17N3O4. The largest absolute Gasteiger partial charge is 0.486 e. The molecule has 0 aromatic heterocycles. The molecule has 0 saturated heterocycles. The lowest BCUT2D eigenvalue weighted by Gasteiger charge is -2.26. The van der Waals surface area contributed by atoms with Gasteiger partial charge in [0.2, 0.25) is 0 Å². The van der Waals surface area contributed by atoms with Gasteiger partial charge in [-0.2, -0.15) is 0 Å². The van der Waals surface area contributed by atoms with Gasteiger partial charge in [0.1, 0.15) is 13.2 Å². The number of benzene rings is 1. The summed E-state index contributed by atoms with van der Waals surface area (Å²) in [6, 6.07) is 4.60. The number of nitrogens with zero attached hydrogens (tertiary/aromatic N) is 2. The van der Waals surface area contributed by atoms with Crippen LogP contribution in [0.25, 0.3) is 0 Å². The Kier molecular flexibility index (Phi) is 3.97. The molecule has 7 heteroatoms. The molecule has 20 heavy (non-hydrogen) atoms. The number of rotatable bonds is 3. The molecule has 7 nitrogen and oxygen atoms in total. The quantitative estimate of drug-likeness (QED) is 0.367. The minimum absolute atomic E-state index is 0.0391. The molecule has 1 aromatic rings. The van der Waals surface area contributed by atoms with E-state index in [9.17, 15) is 4.79 Å². The van der Waals surface area contributed by atoms with E-state index in [4.69, 9.17) is 20.4 Å².